The summed E-state index contributed by atoms with van der Waals surface area (Å²) >= 11 is 0. The van der Waals surface area contributed by atoms with Gasteiger partial charge in [-0.25, -0.2) is 0 Å². The average Bonchev–Trinajstić information content (AvgIpc) is 1.68. The zero-order valence-corrected chi connectivity index (χ0v) is 4.68. The molecule has 1 atom stereocenters. The molecule has 0 amide bonds. The second-order valence-electron chi connectivity index (χ2n) is 1.31. The molecule has 0 saturated carbocycles. The lowest BCUT2D eigenvalue weighted by Crippen LogP contribution is -2.19. The topological polar surface area (TPSA) is 35.2 Å². The van der Waals surface area contributed by atoms with Crippen molar-refractivity contribution in [1.82, 2.24) is 0 Å². The first kappa shape index (κ1) is 6.92. The fourth-order valence-electron chi connectivity index (χ4n) is 0.304. The molecule has 0 aromatic rings. The molecule has 0 bridgehead atoms. The molecule has 43 valence electrons. The van der Waals surface area contributed by atoms with Gasteiger partial charge in [-0.3, -0.25) is 0 Å². The normalized spacial score (nSPS) is 14.1. The summed E-state index contributed by atoms with van der Waals surface area (Å²) in [6.45, 7) is 6.73. The third-order valence-electron chi connectivity index (χ3n) is 0.665. The molecular formula is C5H12NO. The maximum absolute atomic E-state index is 5.17. The number of nitrogens with two attached hydrogens (primary N) is 1. The minimum absolute atomic E-state index is 0.0231. The van der Waals surface area contributed by atoms with Crippen LogP contribution in [0, 0.1) is 6.92 Å². The Labute approximate surface area is 44.7 Å². The van der Waals surface area contributed by atoms with E-state index in [4.69, 9.17) is 10.5 Å². The Hall–Kier alpha value is -0.0800. The number of rotatable bonds is 3. The van der Waals surface area contributed by atoms with E-state index in [0.29, 0.717) is 13.2 Å². The molecule has 0 aliphatic rings. The molecule has 0 aliphatic carbocycles. The fraction of sp³-hybridized carbons (Fsp3) is 0.800. The first-order valence-electron chi connectivity index (χ1n) is 2.46. The molecule has 2 heteroatoms. The summed E-state index contributed by atoms with van der Waals surface area (Å²) in [7, 11) is 0. The molecule has 0 aromatic heterocycles. The molecular weight excluding hydrogens is 90.1 g/mol. The van der Waals surface area contributed by atoms with Crippen molar-refractivity contribution in [2.75, 3.05) is 13.2 Å². The van der Waals surface area contributed by atoms with Gasteiger partial charge in [-0.15, -0.1) is 0 Å². The van der Waals surface area contributed by atoms with Crippen LogP contribution in [0.3, 0.4) is 0 Å². The van der Waals surface area contributed by atoms with Crippen LogP contribution in [0.15, 0.2) is 0 Å². The Bertz CT molecular complexity index is 39.1. The highest BCUT2D eigenvalue weighted by Gasteiger charge is 1.92. The van der Waals surface area contributed by atoms with Gasteiger partial charge in [0, 0.05) is 13.2 Å². The number of ether oxygens (including phenoxy) is 1. The molecule has 0 heterocycles. The molecule has 7 heavy (non-hydrogen) atoms. The van der Waals surface area contributed by atoms with Gasteiger partial charge >= 0.3 is 0 Å². The highest BCUT2D eigenvalue weighted by Crippen LogP contribution is 1.82. The minimum Gasteiger partial charge on any atom is -0.377 e. The van der Waals surface area contributed by atoms with E-state index >= 15 is 0 Å². The number of hydrogen-bond donors (Lipinski definition) is 1. The molecule has 0 rings (SSSR count). The van der Waals surface area contributed by atoms with Crippen LogP contribution >= 0.6 is 0 Å². The summed E-state index contributed by atoms with van der Waals surface area (Å²) in [5.74, 6) is 0. The van der Waals surface area contributed by atoms with E-state index in [-0.39, 0.29) is 6.10 Å². The first-order chi connectivity index (χ1) is 3.31. The standard InChI is InChI=1S/C5H12NO/c1-3-7-5(2)4-6/h5H,2-4,6H2,1H3. The van der Waals surface area contributed by atoms with Crippen molar-refractivity contribution in [3.05, 3.63) is 6.92 Å². The molecule has 1 unspecified atom stereocenters. The minimum atomic E-state index is -0.0231. The smallest absolute Gasteiger partial charge is 0.0698 e. The van der Waals surface area contributed by atoms with Gasteiger partial charge in [0.2, 0.25) is 0 Å². The highest BCUT2D eigenvalue weighted by molar-refractivity contribution is 4.57. The fourth-order valence-corrected chi connectivity index (χ4v) is 0.304. The van der Waals surface area contributed by atoms with Crippen LogP contribution in [-0.2, 0) is 4.74 Å². The molecule has 2 N–H and O–H groups in total. The van der Waals surface area contributed by atoms with Crippen LogP contribution in [0.2, 0.25) is 0 Å². The van der Waals surface area contributed by atoms with Gasteiger partial charge in [-0.1, -0.05) is 0 Å². The third kappa shape index (κ3) is 3.76. The van der Waals surface area contributed by atoms with E-state index in [9.17, 15) is 0 Å². The third-order valence-corrected chi connectivity index (χ3v) is 0.665. The second kappa shape index (κ2) is 4.09. The van der Waals surface area contributed by atoms with E-state index < -0.39 is 0 Å². The van der Waals surface area contributed by atoms with Gasteiger partial charge in [0.25, 0.3) is 0 Å². The van der Waals surface area contributed by atoms with Crippen molar-refractivity contribution in [2.24, 2.45) is 5.73 Å². The summed E-state index contributed by atoms with van der Waals surface area (Å²) in [4.78, 5) is 0. The monoisotopic (exact) mass is 102 g/mol. The summed E-state index contributed by atoms with van der Waals surface area (Å²) in [5, 5.41) is 0. The van der Waals surface area contributed by atoms with E-state index in [1.165, 1.54) is 0 Å². The van der Waals surface area contributed by atoms with Crippen LogP contribution < -0.4 is 5.73 Å². The van der Waals surface area contributed by atoms with E-state index in [1.807, 2.05) is 6.92 Å². The molecule has 2 nitrogen and oxygen atoms in total. The van der Waals surface area contributed by atoms with Crippen molar-refractivity contribution in [3.8, 4) is 0 Å². The zero-order chi connectivity index (χ0) is 5.70. The van der Waals surface area contributed by atoms with Gasteiger partial charge in [-0.05, 0) is 13.8 Å². The Morgan fingerprint density at radius 1 is 1.86 bits per heavy atom. The van der Waals surface area contributed by atoms with E-state index in [2.05, 4.69) is 6.92 Å². The van der Waals surface area contributed by atoms with Gasteiger partial charge in [0.05, 0.1) is 6.10 Å². The van der Waals surface area contributed by atoms with E-state index in [0.717, 1.165) is 0 Å². The van der Waals surface area contributed by atoms with Crippen LogP contribution in [0.25, 0.3) is 0 Å². The van der Waals surface area contributed by atoms with E-state index in [1.54, 1.807) is 0 Å². The van der Waals surface area contributed by atoms with Gasteiger partial charge in [0.1, 0.15) is 0 Å². The van der Waals surface area contributed by atoms with Crippen LogP contribution in [-0.4, -0.2) is 19.3 Å². The maximum Gasteiger partial charge on any atom is 0.0698 e. The predicted molar refractivity (Wildman–Crippen MR) is 29.8 cm³/mol. The maximum atomic E-state index is 5.17. The van der Waals surface area contributed by atoms with Crippen LogP contribution in [0.4, 0.5) is 0 Å². The van der Waals surface area contributed by atoms with Gasteiger partial charge in [-0.2, -0.15) is 0 Å². The highest BCUT2D eigenvalue weighted by atomic mass is 16.5. The van der Waals surface area contributed by atoms with Crippen molar-refractivity contribution in [3.63, 3.8) is 0 Å². The Morgan fingerprint density at radius 2 is 2.43 bits per heavy atom. The van der Waals surface area contributed by atoms with Crippen LogP contribution in [0.1, 0.15) is 6.92 Å². The van der Waals surface area contributed by atoms with Crippen molar-refractivity contribution >= 4 is 0 Å². The molecule has 0 aliphatic heterocycles. The lowest BCUT2D eigenvalue weighted by molar-refractivity contribution is 0.100. The summed E-state index contributed by atoms with van der Waals surface area (Å²) in [6, 6.07) is 0. The molecule has 0 fully saturated rings. The lowest BCUT2D eigenvalue weighted by atomic mass is 10.4. The second-order valence-corrected chi connectivity index (χ2v) is 1.31. The zero-order valence-electron chi connectivity index (χ0n) is 4.68. The molecule has 0 aromatic carbocycles. The summed E-state index contributed by atoms with van der Waals surface area (Å²) in [6.07, 6.45) is -0.0231. The first-order valence-corrected chi connectivity index (χ1v) is 2.46. The quantitative estimate of drug-likeness (QED) is 0.552. The van der Waals surface area contributed by atoms with Gasteiger partial charge < -0.3 is 10.5 Å². The Morgan fingerprint density at radius 3 is 2.57 bits per heavy atom. The van der Waals surface area contributed by atoms with Crippen molar-refractivity contribution in [2.45, 2.75) is 13.0 Å². The summed E-state index contributed by atoms with van der Waals surface area (Å²) in [5.41, 5.74) is 5.17. The van der Waals surface area contributed by atoms with Crippen molar-refractivity contribution in [1.29, 1.82) is 0 Å². The molecule has 0 spiro atoms. The lowest BCUT2D eigenvalue weighted by Gasteiger charge is -2.05. The van der Waals surface area contributed by atoms with Crippen LogP contribution in [0.5, 0.6) is 0 Å². The SMILES string of the molecule is [CH2]C(CN)OCC. The predicted octanol–water partition coefficient (Wildman–Crippen LogP) is 0.184. The Kier molecular flexibility index (Phi) is 4.04. The molecule has 1 radical (unpaired) electrons. The Balaban J connectivity index is 2.83. The molecule has 0 saturated heterocycles. The largest absolute Gasteiger partial charge is 0.377 e. The number of hydrogen-bond acceptors (Lipinski definition) is 2. The summed E-state index contributed by atoms with van der Waals surface area (Å²) < 4.78 is 4.95. The van der Waals surface area contributed by atoms with Crippen molar-refractivity contribution < 1.29 is 4.74 Å². The van der Waals surface area contributed by atoms with Gasteiger partial charge in [0.15, 0.2) is 0 Å². The average molecular weight is 102 g/mol.